The summed E-state index contributed by atoms with van der Waals surface area (Å²) in [6, 6.07) is 10.0. The molecular weight excluding hydrogens is 516 g/mol. The molecule has 1 amide bonds. The highest BCUT2D eigenvalue weighted by atomic mass is 16.5. The molecule has 0 spiro atoms. The van der Waals surface area contributed by atoms with E-state index in [-0.39, 0.29) is 17.2 Å². The number of aliphatic imine (C=N–C) groups is 1. The van der Waals surface area contributed by atoms with Gasteiger partial charge >= 0.3 is 0 Å². The molecule has 2 fully saturated rings. The fraction of sp³-hybridized carbons (Fsp3) is 0.323. The molecule has 2 aliphatic carbocycles. The van der Waals surface area contributed by atoms with Crippen LogP contribution >= 0.6 is 0 Å². The molecule has 10 heteroatoms. The van der Waals surface area contributed by atoms with Crippen molar-refractivity contribution < 1.29 is 9.53 Å². The van der Waals surface area contributed by atoms with Gasteiger partial charge in [-0.3, -0.25) is 14.8 Å². The number of fused-ring (bicyclic) bond motifs is 4. The zero-order chi connectivity index (χ0) is 28.6. The van der Waals surface area contributed by atoms with Crippen LogP contribution in [-0.4, -0.2) is 56.9 Å². The number of pyridine rings is 1. The second-order valence-electron chi connectivity index (χ2n) is 10.8. The Balaban J connectivity index is 1.42. The predicted molar refractivity (Wildman–Crippen MR) is 160 cm³/mol. The lowest BCUT2D eigenvalue weighted by atomic mass is 9.90. The molecule has 0 unspecified atom stereocenters. The Kier molecular flexibility index (Phi) is 6.67. The van der Waals surface area contributed by atoms with Crippen molar-refractivity contribution in [2.24, 2.45) is 10.7 Å². The second-order valence-corrected chi connectivity index (χ2v) is 10.8. The lowest BCUT2D eigenvalue weighted by Crippen LogP contribution is -2.47. The van der Waals surface area contributed by atoms with Gasteiger partial charge in [0.25, 0.3) is 5.91 Å². The molecule has 6 rings (SSSR count). The third-order valence-electron chi connectivity index (χ3n) is 8.52. The Labute approximate surface area is 237 Å². The van der Waals surface area contributed by atoms with E-state index in [9.17, 15) is 4.79 Å². The maximum absolute atomic E-state index is 13.3. The minimum absolute atomic E-state index is 0.246. The summed E-state index contributed by atoms with van der Waals surface area (Å²) >= 11 is 0. The molecule has 5 N–H and O–H groups in total. The van der Waals surface area contributed by atoms with E-state index in [1.54, 1.807) is 7.11 Å². The van der Waals surface area contributed by atoms with Gasteiger partial charge in [0, 0.05) is 40.9 Å². The number of carbonyl (C=O) groups is 1. The zero-order valence-electron chi connectivity index (χ0n) is 22.9. The number of nitrogens with two attached hydrogens (primary N) is 2. The van der Waals surface area contributed by atoms with Crippen molar-refractivity contribution >= 4 is 39.4 Å². The molecule has 2 bridgehead atoms. The first-order valence-electron chi connectivity index (χ1n) is 13.7. The van der Waals surface area contributed by atoms with Crippen LogP contribution in [0.1, 0.15) is 37.8 Å². The van der Waals surface area contributed by atoms with E-state index in [4.69, 9.17) is 27.6 Å². The molecule has 1 aromatic carbocycles. The molecule has 3 heterocycles. The SMILES string of the molecule is C#Cc1c(-c2cnc3ccccc3c2)c2c(N)ncnc2n1C12CCC(NC(=O)C(C=CN)=NCCOC)(CC1)C2. The number of carbonyl (C=O) groups excluding carboxylic acids is 1. The molecule has 10 nitrogen and oxygen atoms in total. The van der Waals surface area contributed by atoms with Crippen LogP contribution in [0.3, 0.4) is 0 Å². The summed E-state index contributed by atoms with van der Waals surface area (Å²) in [7, 11) is 1.60. The van der Waals surface area contributed by atoms with E-state index in [1.165, 1.54) is 18.6 Å². The number of anilines is 1. The van der Waals surface area contributed by atoms with Gasteiger partial charge in [0.2, 0.25) is 0 Å². The van der Waals surface area contributed by atoms with E-state index in [0.717, 1.165) is 53.1 Å². The van der Waals surface area contributed by atoms with Gasteiger partial charge in [-0.25, -0.2) is 9.97 Å². The van der Waals surface area contributed by atoms with Crippen molar-refractivity contribution in [3.63, 3.8) is 0 Å². The third kappa shape index (κ3) is 4.39. The van der Waals surface area contributed by atoms with Crippen LogP contribution in [0.2, 0.25) is 0 Å². The fourth-order valence-corrected chi connectivity index (χ4v) is 6.73. The second kappa shape index (κ2) is 10.3. The molecular formula is C31H32N8O2. The van der Waals surface area contributed by atoms with Crippen molar-refractivity contribution in [3.05, 3.63) is 60.8 Å². The minimum atomic E-state index is -0.396. The number of amides is 1. The molecule has 2 saturated carbocycles. The third-order valence-corrected chi connectivity index (χ3v) is 8.52. The van der Waals surface area contributed by atoms with Crippen LogP contribution in [0.5, 0.6) is 0 Å². The topological polar surface area (TPSA) is 146 Å². The summed E-state index contributed by atoms with van der Waals surface area (Å²) in [5, 5.41) is 5.02. The van der Waals surface area contributed by atoms with Gasteiger partial charge in [-0.2, -0.15) is 0 Å². The van der Waals surface area contributed by atoms with Crippen molar-refractivity contribution in [1.29, 1.82) is 0 Å². The largest absolute Gasteiger partial charge is 0.405 e. The average Bonchev–Trinajstić information content (AvgIpc) is 3.65. The lowest BCUT2D eigenvalue weighted by molar-refractivity contribution is -0.116. The van der Waals surface area contributed by atoms with Crippen LogP contribution in [0.4, 0.5) is 5.82 Å². The van der Waals surface area contributed by atoms with Crippen molar-refractivity contribution in [1.82, 2.24) is 24.8 Å². The summed E-state index contributed by atoms with van der Waals surface area (Å²) in [5.41, 5.74) is 15.6. The zero-order valence-corrected chi connectivity index (χ0v) is 22.9. The van der Waals surface area contributed by atoms with Gasteiger partial charge < -0.3 is 26.1 Å². The summed E-state index contributed by atoms with van der Waals surface area (Å²) in [6.45, 7) is 0.786. The summed E-state index contributed by atoms with van der Waals surface area (Å²) in [4.78, 5) is 31.4. The molecule has 0 saturated heterocycles. The molecule has 41 heavy (non-hydrogen) atoms. The van der Waals surface area contributed by atoms with Gasteiger partial charge in [0.1, 0.15) is 29.2 Å². The molecule has 0 radical (unpaired) electrons. The van der Waals surface area contributed by atoms with Crippen LogP contribution in [-0.2, 0) is 15.1 Å². The maximum Gasteiger partial charge on any atom is 0.269 e. The molecule has 208 valence electrons. The number of nitrogen functional groups attached to an aromatic ring is 1. The number of rotatable bonds is 8. The molecule has 2 aliphatic rings. The molecule has 0 atom stereocenters. The lowest BCUT2D eigenvalue weighted by Gasteiger charge is -2.30. The van der Waals surface area contributed by atoms with E-state index in [0.29, 0.717) is 36.7 Å². The summed E-state index contributed by atoms with van der Waals surface area (Å²) in [6.07, 6.45) is 16.4. The van der Waals surface area contributed by atoms with Crippen molar-refractivity contribution in [3.8, 4) is 23.5 Å². The van der Waals surface area contributed by atoms with Gasteiger partial charge in [0.15, 0.2) is 0 Å². The Bertz CT molecular complexity index is 1760. The van der Waals surface area contributed by atoms with Gasteiger partial charge in [-0.1, -0.05) is 24.1 Å². The van der Waals surface area contributed by atoms with Crippen molar-refractivity contribution in [2.75, 3.05) is 26.0 Å². The highest BCUT2D eigenvalue weighted by molar-refractivity contribution is 6.43. The van der Waals surface area contributed by atoms with Crippen molar-refractivity contribution in [2.45, 2.75) is 43.2 Å². The van der Waals surface area contributed by atoms with E-state index in [1.807, 2.05) is 30.5 Å². The minimum Gasteiger partial charge on any atom is -0.405 e. The Morgan fingerprint density at radius 1 is 1.24 bits per heavy atom. The normalized spacial score (nSPS) is 22.1. The molecule has 4 aromatic rings. The molecule has 3 aromatic heterocycles. The Morgan fingerprint density at radius 3 is 2.80 bits per heavy atom. The highest BCUT2D eigenvalue weighted by Crippen LogP contribution is 2.57. The number of methoxy groups -OCH3 is 1. The Morgan fingerprint density at radius 2 is 2.05 bits per heavy atom. The average molecular weight is 549 g/mol. The summed E-state index contributed by atoms with van der Waals surface area (Å²) in [5.74, 6) is 3.09. The number of aromatic nitrogens is 4. The number of ether oxygens (including phenoxy) is 1. The van der Waals surface area contributed by atoms with Crippen LogP contribution in [0, 0.1) is 12.3 Å². The first kappa shape index (κ1) is 26.5. The van der Waals surface area contributed by atoms with E-state index in [2.05, 4.69) is 36.8 Å². The number of hydrogen-bond acceptors (Lipinski definition) is 8. The Hall–Kier alpha value is -4.75. The maximum atomic E-state index is 13.3. The number of nitrogens with zero attached hydrogens (tertiary/aromatic N) is 5. The summed E-state index contributed by atoms with van der Waals surface area (Å²) < 4.78 is 7.26. The number of hydrogen-bond donors (Lipinski definition) is 3. The van der Waals surface area contributed by atoms with Crippen LogP contribution < -0.4 is 16.8 Å². The van der Waals surface area contributed by atoms with Crippen LogP contribution in [0.25, 0.3) is 33.1 Å². The van der Waals surface area contributed by atoms with E-state index < -0.39 is 5.54 Å². The van der Waals surface area contributed by atoms with Crippen LogP contribution in [0.15, 0.2) is 60.1 Å². The first-order chi connectivity index (χ1) is 19.9. The highest BCUT2D eigenvalue weighted by Gasteiger charge is 2.57. The number of benzene rings is 1. The monoisotopic (exact) mass is 548 g/mol. The first-order valence-corrected chi connectivity index (χ1v) is 13.7. The fourth-order valence-electron chi connectivity index (χ4n) is 6.73. The van der Waals surface area contributed by atoms with Gasteiger partial charge in [0.05, 0.1) is 24.1 Å². The predicted octanol–water partition coefficient (Wildman–Crippen LogP) is 3.30. The van der Waals surface area contributed by atoms with Gasteiger partial charge in [-0.15, -0.1) is 6.42 Å². The number of nitrogens with one attached hydrogen (secondary N) is 1. The number of terminal acetylenes is 1. The van der Waals surface area contributed by atoms with E-state index >= 15 is 0 Å². The van der Waals surface area contributed by atoms with Gasteiger partial charge in [-0.05, 0) is 56.5 Å². The molecule has 0 aliphatic heterocycles. The number of para-hydroxylation sites is 1. The quantitative estimate of drug-likeness (QED) is 0.174. The smallest absolute Gasteiger partial charge is 0.269 e. The standard InChI is InChI=1S/C31H32N8O2/c1-3-24-25(21-16-20-6-4-5-7-22(20)35-17-21)26-27(33)36-19-37-28(26)39(24)31-11-9-30(18-31,10-12-31)38-29(40)23(8-13-32)34-14-15-41-2/h1,4-8,13,16-17,19H,9-12,14-15,18,32H2,2H3,(H,38,40)(H2,33,36,37).